The van der Waals surface area contributed by atoms with Crippen molar-refractivity contribution in [3.8, 4) is 0 Å². The Balaban J connectivity index is 1.26. The van der Waals surface area contributed by atoms with Crippen LogP contribution in [0.2, 0.25) is 0 Å². The maximum absolute atomic E-state index is 13.1. The molecule has 0 atom stereocenters. The van der Waals surface area contributed by atoms with Crippen molar-refractivity contribution in [1.29, 1.82) is 0 Å². The number of hydrogen-bond acceptors (Lipinski definition) is 3. The van der Waals surface area contributed by atoms with Gasteiger partial charge in [-0.1, -0.05) is 36.4 Å². The van der Waals surface area contributed by atoms with Gasteiger partial charge in [-0.15, -0.1) is 0 Å². The van der Waals surface area contributed by atoms with E-state index >= 15 is 0 Å². The number of H-pyrrole nitrogens is 1. The molecule has 2 aromatic carbocycles. The van der Waals surface area contributed by atoms with Crippen LogP contribution in [0.1, 0.15) is 27.2 Å². The summed E-state index contributed by atoms with van der Waals surface area (Å²) in [6, 6.07) is 13.9. The van der Waals surface area contributed by atoms with Crippen LogP contribution in [0.3, 0.4) is 0 Å². The molecule has 1 aliphatic heterocycles. The lowest BCUT2D eigenvalue weighted by Gasteiger charge is -2.34. The summed E-state index contributed by atoms with van der Waals surface area (Å²) in [5.74, 6) is 0.395. The number of carbonyl (C=O) groups excluding carboxylic acids is 2. The van der Waals surface area contributed by atoms with Gasteiger partial charge in [-0.2, -0.15) is 0 Å². The Kier molecular flexibility index (Phi) is 4.77. The van der Waals surface area contributed by atoms with E-state index in [9.17, 15) is 9.59 Å². The van der Waals surface area contributed by atoms with E-state index in [1.54, 1.807) is 4.90 Å². The standard InChI is InChI=1S/C25H25N3O3/c1-16-6-5-8-19-17(2)24(31-23(16)19)25(30)28-12-10-27(11-13-28)22(29)14-18-15-26-21-9-4-3-7-20(18)21/h3-9,15,26H,10-14H2,1-2H3. The topological polar surface area (TPSA) is 69.6 Å². The first-order chi connectivity index (χ1) is 15.0. The first-order valence-electron chi connectivity index (χ1n) is 10.6. The van der Waals surface area contributed by atoms with Crippen LogP contribution < -0.4 is 0 Å². The van der Waals surface area contributed by atoms with Gasteiger partial charge in [0.15, 0.2) is 5.76 Å². The second-order valence-corrected chi connectivity index (χ2v) is 8.22. The molecule has 1 saturated heterocycles. The van der Waals surface area contributed by atoms with Crippen LogP contribution in [0.15, 0.2) is 53.1 Å². The Hall–Kier alpha value is -3.54. The summed E-state index contributed by atoms with van der Waals surface area (Å²) in [4.78, 5) is 32.8. The monoisotopic (exact) mass is 415 g/mol. The van der Waals surface area contributed by atoms with E-state index in [-0.39, 0.29) is 11.8 Å². The highest BCUT2D eigenvalue weighted by atomic mass is 16.3. The molecule has 0 aliphatic carbocycles. The number of fused-ring (bicyclic) bond motifs is 2. The molecule has 0 bridgehead atoms. The highest BCUT2D eigenvalue weighted by Gasteiger charge is 2.28. The van der Waals surface area contributed by atoms with Crippen molar-refractivity contribution in [3.63, 3.8) is 0 Å². The van der Waals surface area contributed by atoms with Gasteiger partial charge in [0, 0.05) is 54.2 Å². The van der Waals surface area contributed by atoms with Crippen LogP contribution in [0.25, 0.3) is 21.9 Å². The number of carbonyl (C=O) groups is 2. The molecule has 0 saturated carbocycles. The number of rotatable bonds is 3. The first kappa shape index (κ1) is 19.4. The molecule has 0 spiro atoms. The third-order valence-corrected chi connectivity index (χ3v) is 6.29. The van der Waals surface area contributed by atoms with Gasteiger partial charge in [0.2, 0.25) is 5.91 Å². The average Bonchev–Trinajstić information content (AvgIpc) is 3.35. The van der Waals surface area contributed by atoms with Gasteiger partial charge in [-0.3, -0.25) is 9.59 Å². The minimum Gasteiger partial charge on any atom is -0.450 e. The summed E-state index contributed by atoms with van der Waals surface area (Å²) in [7, 11) is 0. The molecule has 1 N–H and O–H groups in total. The van der Waals surface area contributed by atoms with Crippen LogP contribution in [0.5, 0.6) is 0 Å². The number of aryl methyl sites for hydroxylation is 2. The number of amides is 2. The molecule has 5 rings (SSSR count). The van der Waals surface area contributed by atoms with Gasteiger partial charge >= 0.3 is 0 Å². The molecule has 1 aliphatic rings. The van der Waals surface area contributed by atoms with Crippen molar-refractivity contribution in [1.82, 2.24) is 14.8 Å². The summed E-state index contributed by atoms with van der Waals surface area (Å²) in [6.07, 6.45) is 2.27. The van der Waals surface area contributed by atoms with Gasteiger partial charge in [0.1, 0.15) is 5.58 Å². The Morgan fingerprint density at radius 2 is 1.65 bits per heavy atom. The molecule has 31 heavy (non-hydrogen) atoms. The number of nitrogens with one attached hydrogen (secondary N) is 1. The zero-order chi connectivity index (χ0) is 21.5. The fourth-order valence-electron chi connectivity index (χ4n) is 4.44. The molecule has 0 unspecified atom stereocenters. The lowest BCUT2D eigenvalue weighted by Crippen LogP contribution is -2.51. The van der Waals surface area contributed by atoms with Gasteiger partial charge in [-0.05, 0) is 31.0 Å². The molecular weight excluding hydrogens is 390 g/mol. The fraction of sp³-hybridized carbons (Fsp3) is 0.280. The van der Waals surface area contributed by atoms with Crippen LogP contribution in [0.4, 0.5) is 0 Å². The predicted molar refractivity (Wildman–Crippen MR) is 120 cm³/mol. The van der Waals surface area contributed by atoms with E-state index in [1.807, 2.05) is 67.4 Å². The van der Waals surface area contributed by atoms with Crippen LogP contribution in [0, 0.1) is 13.8 Å². The lowest BCUT2D eigenvalue weighted by molar-refractivity contribution is -0.131. The molecule has 0 radical (unpaired) electrons. The number of piperazine rings is 1. The van der Waals surface area contributed by atoms with Crippen molar-refractivity contribution in [2.45, 2.75) is 20.3 Å². The lowest BCUT2D eigenvalue weighted by atomic mass is 10.1. The summed E-state index contributed by atoms with van der Waals surface area (Å²) < 4.78 is 5.95. The largest absolute Gasteiger partial charge is 0.450 e. The Bertz CT molecular complexity index is 1290. The summed E-state index contributed by atoms with van der Waals surface area (Å²) in [6.45, 7) is 6.00. The molecular formula is C25H25N3O3. The maximum Gasteiger partial charge on any atom is 0.290 e. The van der Waals surface area contributed by atoms with Crippen molar-refractivity contribution in [2.24, 2.45) is 0 Å². The molecule has 6 nitrogen and oxygen atoms in total. The highest BCUT2D eigenvalue weighted by molar-refractivity contribution is 5.99. The first-order valence-corrected chi connectivity index (χ1v) is 10.6. The number of benzene rings is 2. The molecule has 4 aromatic rings. The van der Waals surface area contributed by atoms with Crippen LogP contribution in [-0.2, 0) is 11.2 Å². The number of hydrogen-bond donors (Lipinski definition) is 1. The maximum atomic E-state index is 13.1. The van der Waals surface area contributed by atoms with Crippen molar-refractivity contribution >= 4 is 33.7 Å². The van der Waals surface area contributed by atoms with Crippen LogP contribution >= 0.6 is 0 Å². The van der Waals surface area contributed by atoms with E-state index in [0.717, 1.165) is 38.6 Å². The van der Waals surface area contributed by atoms with Gasteiger partial charge in [-0.25, -0.2) is 0 Å². The van der Waals surface area contributed by atoms with E-state index < -0.39 is 0 Å². The van der Waals surface area contributed by atoms with Gasteiger partial charge in [0.25, 0.3) is 5.91 Å². The minimum absolute atomic E-state index is 0.0902. The third-order valence-electron chi connectivity index (χ3n) is 6.29. The van der Waals surface area contributed by atoms with E-state index in [1.165, 1.54) is 0 Å². The fourth-order valence-corrected chi connectivity index (χ4v) is 4.44. The Morgan fingerprint density at radius 3 is 2.42 bits per heavy atom. The van der Waals surface area contributed by atoms with Crippen molar-refractivity contribution < 1.29 is 14.0 Å². The number of furan rings is 1. The molecule has 1 fully saturated rings. The molecule has 2 amide bonds. The van der Waals surface area contributed by atoms with Crippen LogP contribution in [-0.4, -0.2) is 52.8 Å². The van der Waals surface area contributed by atoms with E-state index in [0.29, 0.717) is 38.4 Å². The predicted octanol–water partition coefficient (Wildman–Crippen LogP) is 4.06. The van der Waals surface area contributed by atoms with Crippen molar-refractivity contribution in [3.05, 3.63) is 71.1 Å². The van der Waals surface area contributed by atoms with E-state index in [4.69, 9.17) is 4.42 Å². The number of aromatic nitrogens is 1. The SMILES string of the molecule is Cc1c(C(=O)N2CCN(C(=O)Cc3c[nH]c4ccccc34)CC2)oc2c(C)cccc12. The Morgan fingerprint density at radius 1 is 0.935 bits per heavy atom. The number of aromatic amines is 1. The summed E-state index contributed by atoms with van der Waals surface area (Å²) in [5.41, 5.74) is 4.72. The van der Waals surface area contributed by atoms with E-state index in [2.05, 4.69) is 4.98 Å². The average molecular weight is 415 g/mol. The summed E-state index contributed by atoms with van der Waals surface area (Å²) >= 11 is 0. The molecule has 158 valence electrons. The number of para-hydroxylation sites is 2. The smallest absolute Gasteiger partial charge is 0.290 e. The van der Waals surface area contributed by atoms with Gasteiger partial charge < -0.3 is 19.2 Å². The van der Waals surface area contributed by atoms with Gasteiger partial charge in [0.05, 0.1) is 6.42 Å². The second kappa shape index (κ2) is 7.61. The number of nitrogens with zero attached hydrogens (tertiary/aromatic N) is 2. The third kappa shape index (κ3) is 3.38. The molecule has 2 aromatic heterocycles. The second-order valence-electron chi connectivity index (χ2n) is 8.22. The Labute approximate surface area is 180 Å². The van der Waals surface area contributed by atoms with Crippen molar-refractivity contribution in [2.75, 3.05) is 26.2 Å². The molecule has 3 heterocycles. The zero-order valence-electron chi connectivity index (χ0n) is 17.8. The zero-order valence-corrected chi connectivity index (χ0v) is 17.8. The minimum atomic E-state index is -0.100. The molecule has 6 heteroatoms. The normalized spacial score (nSPS) is 14.5. The highest BCUT2D eigenvalue weighted by Crippen LogP contribution is 2.29. The summed E-state index contributed by atoms with van der Waals surface area (Å²) in [5, 5.41) is 2.07. The quantitative estimate of drug-likeness (QED) is 0.549.